The van der Waals surface area contributed by atoms with Gasteiger partial charge in [-0.25, -0.2) is 4.79 Å². The summed E-state index contributed by atoms with van der Waals surface area (Å²) >= 11 is 0. The van der Waals surface area contributed by atoms with E-state index in [2.05, 4.69) is 11.3 Å². The summed E-state index contributed by atoms with van der Waals surface area (Å²) in [4.78, 5) is 10.9. The van der Waals surface area contributed by atoms with Crippen LogP contribution in [0.2, 0.25) is 0 Å². The number of methoxy groups -OCH3 is 1. The Morgan fingerprint density at radius 2 is 2.33 bits per heavy atom. The highest BCUT2D eigenvalue weighted by Crippen LogP contribution is 2.08. The van der Waals surface area contributed by atoms with E-state index in [-0.39, 0.29) is 5.97 Å². The minimum atomic E-state index is -0.343. The summed E-state index contributed by atoms with van der Waals surface area (Å²) in [5.41, 5.74) is 2.16. The lowest BCUT2D eigenvalue weighted by Gasteiger charge is -1.98. The fraction of sp³-hybridized carbons (Fsp3) is 0.154. The number of carbonyl (C=O) groups is 1. The first-order valence-electron chi connectivity index (χ1n) is 4.72. The third-order valence-electron chi connectivity index (χ3n) is 1.94. The summed E-state index contributed by atoms with van der Waals surface area (Å²) < 4.78 is 4.51. The molecule has 1 aromatic carbocycles. The van der Waals surface area contributed by atoms with E-state index in [4.69, 9.17) is 0 Å². The topological polar surface area (TPSA) is 26.3 Å². The summed E-state index contributed by atoms with van der Waals surface area (Å²) in [5.74, 6) is -0.343. The van der Waals surface area contributed by atoms with Gasteiger partial charge in [-0.15, -0.1) is 6.58 Å². The number of benzene rings is 1. The molecule has 0 saturated carbocycles. The molecule has 2 heteroatoms. The van der Waals surface area contributed by atoms with Crippen LogP contribution in [0.15, 0.2) is 43.0 Å². The smallest absolute Gasteiger partial charge is 0.330 e. The number of carbonyl (C=O) groups excluding carboxylic acids is 1. The molecule has 0 aromatic heterocycles. The van der Waals surface area contributed by atoms with Crippen LogP contribution in [-0.2, 0) is 16.0 Å². The van der Waals surface area contributed by atoms with Gasteiger partial charge in [-0.3, -0.25) is 0 Å². The van der Waals surface area contributed by atoms with E-state index in [9.17, 15) is 4.79 Å². The van der Waals surface area contributed by atoms with Gasteiger partial charge in [0, 0.05) is 6.08 Å². The molecule has 1 aromatic rings. The van der Waals surface area contributed by atoms with E-state index < -0.39 is 0 Å². The Morgan fingerprint density at radius 1 is 1.53 bits per heavy atom. The van der Waals surface area contributed by atoms with Gasteiger partial charge < -0.3 is 4.74 Å². The van der Waals surface area contributed by atoms with E-state index in [1.807, 2.05) is 30.3 Å². The maximum Gasteiger partial charge on any atom is 0.330 e. The monoisotopic (exact) mass is 202 g/mol. The van der Waals surface area contributed by atoms with Crippen LogP contribution in [0.5, 0.6) is 0 Å². The molecule has 0 aliphatic heterocycles. The van der Waals surface area contributed by atoms with Crippen LogP contribution in [-0.4, -0.2) is 13.1 Å². The Morgan fingerprint density at radius 3 is 3.00 bits per heavy atom. The van der Waals surface area contributed by atoms with Crippen LogP contribution in [0.3, 0.4) is 0 Å². The van der Waals surface area contributed by atoms with Crippen molar-refractivity contribution in [3.63, 3.8) is 0 Å². The number of hydrogen-bond acceptors (Lipinski definition) is 2. The van der Waals surface area contributed by atoms with Crippen molar-refractivity contribution in [2.75, 3.05) is 7.11 Å². The first-order chi connectivity index (χ1) is 7.26. The Balaban J connectivity index is 2.77. The lowest BCUT2D eigenvalue weighted by atomic mass is 10.1. The largest absolute Gasteiger partial charge is 0.466 e. The first-order valence-corrected chi connectivity index (χ1v) is 4.72. The minimum Gasteiger partial charge on any atom is -0.466 e. The van der Waals surface area contributed by atoms with Crippen LogP contribution in [0, 0.1) is 0 Å². The van der Waals surface area contributed by atoms with E-state index in [1.54, 1.807) is 6.08 Å². The lowest BCUT2D eigenvalue weighted by Crippen LogP contribution is -1.93. The van der Waals surface area contributed by atoms with Gasteiger partial charge in [0.2, 0.25) is 0 Å². The van der Waals surface area contributed by atoms with Crippen LogP contribution in [0.25, 0.3) is 6.08 Å². The van der Waals surface area contributed by atoms with Crippen molar-refractivity contribution >= 4 is 12.0 Å². The Kier molecular flexibility index (Phi) is 4.35. The molecular weight excluding hydrogens is 188 g/mol. The van der Waals surface area contributed by atoms with E-state index in [0.717, 1.165) is 12.0 Å². The normalized spacial score (nSPS) is 10.2. The van der Waals surface area contributed by atoms with Gasteiger partial charge in [0.05, 0.1) is 7.11 Å². The maximum absolute atomic E-state index is 10.9. The Bertz CT molecular complexity index is 378. The molecule has 0 bridgehead atoms. The van der Waals surface area contributed by atoms with Gasteiger partial charge in [-0.1, -0.05) is 30.3 Å². The summed E-state index contributed by atoms with van der Waals surface area (Å²) in [7, 11) is 1.36. The zero-order valence-electron chi connectivity index (χ0n) is 8.77. The van der Waals surface area contributed by atoms with Gasteiger partial charge in [0.15, 0.2) is 0 Å². The molecule has 0 unspecified atom stereocenters. The average Bonchev–Trinajstić information content (AvgIpc) is 2.27. The van der Waals surface area contributed by atoms with E-state index in [1.165, 1.54) is 18.7 Å². The Labute approximate surface area is 89.9 Å². The number of esters is 1. The molecule has 0 radical (unpaired) electrons. The highest BCUT2D eigenvalue weighted by Gasteiger charge is 1.93. The molecule has 0 aliphatic rings. The van der Waals surface area contributed by atoms with Crippen LogP contribution >= 0.6 is 0 Å². The summed E-state index contributed by atoms with van der Waals surface area (Å²) in [5, 5.41) is 0. The number of allylic oxidation sites excluding steroid dienone is 1. The number of ether oxygens (including phenoxy) is 1. The fourth-order valence-electron chi connectivity index (χ4n) is 1.22. The van der Waals surface area contributed by atoms with Crippen molar-refractivity contribution in [1.82, 2.24) is 0 Å². The molecule has 1 rings (SSSR count). The average molecular weight is 202 g/mol. The fourth-order valence-corrected chi connectivity index (χ4v) is 1.22. The van der Waals surface area contributed by atoms with Gasteiger partial charge >= 0.3 is 5.97 Å². The van der Waals surface area contributed by atoms with Crippen molar-refractivity contribution in [2.45, 2.75) is 6.42 Å². The highest BCUT2D eigenvalue weighted by atomic mass is 16.5. The second-order valence-corrected chi connectivity index (χ2v) is 3.09. The molecule has 78 valence electrons. The van der Waals surface area contributed by atoms with Gasteiger partial charge in [0.25, 0.3) is 0 Å². The number of rotatable bonds is 4. The molecular formula is C13H14O2. The second-order valence-electron chi connectivity index (χ2n) is 3.09. The van der Waals surface area contributed by atoms with E-state index in [0.29, 0.717) is 0 Å². The molecule has 2 nitrogen and oxygen atoms in total. The highest BCUT2D eigenvalue weighted by molar-refractivity contribution is 5.86. The van der Waals surface area contributed by atoms with Gasteiger partial charge in [-0.2, -0.15) is 0 Å². The predicted octanol–water partition coefficient (Wildman–Crippen LogP) is 2.60. The molecule has 0 heterocycles. The second kappa shape index (κ2) is 5.81. The molecule has 0 spiro atoms. The molecule has 0 amide bonds. The molecule has 0 aliphatic carbocycles. The van der Waals surface area contributed by atoms with Crippen molar-refractivity contribution in [3.05, 3.63) is 54.1 Å². The van der Waals surface area contributed by atoms with Gasteiger partial charge in [0.1, 0.15) is 0 Å². The Hall–Kier alpha value is -1.83. The van der Waals surface area contributed by atoms with E-state index >= 15 is 0 Å². The third-order valence-corrected chi connectivity index (χ3v) is 1.94. The molecule has 0 N–H and O–H groups in total. The summed E-state index contributed by atoms with van der Waals surface area (Å²) in [6.07, 6.45) is 5.83. The first kappa shape index (κ1) is 11.2. The minimum absolute atomic E-state index is 0.343. The zero-order chi connectivity index (χ0) is 11.1. The molecule has 15 heavy (non-hydrogen) atoms. The van der Waals surface area contributed by atoms with Crippen molar-refractivity contribution in [1.29, 1.82) is 0 Å². The van der Waals surface area contributed by atoms with Crippen LogP contribution in [0.1, 0.15) is 11.1 Å². The summed E-state index contributed by atoms with van der Waals surface area (Å²) in [6.45, 7) is 3.68. The maximum atomic E-state index is 10.9. The number of hydrogen-bond donors (Lipinski definition) is 0. The van der Waals surface area contributed by atoms with Crippen LogP contribution < -0.4 is 0 Å². The summed E-state index contributed by atoms with van der Waals surface area (Å²) in [6, 6.07) is 7.93. The molecule has 0 fully saturated rings. The van der Waals surface area contributed by atoms with Gasteiger partial charge in [-0.05, 0) is 23.6 Å². The van der Waals surface area contributed by atoms with Crippen molar-refractivity contribution in [3.8, 4) is 0 Å². The van der Waals surface area contributed by atoms with Crippen molar-refractivity contribution in [2.24, 2.45) is 0 Å². The standard InChI is InChI=1S/C13H14O2/c1-3-5-11-6-4-7-12(10-11)8-9-13(14)15-2/h3-4,6-10H,1,5H2,2H3/b9-8+. The molecule has 0 saturated heterocycles. The quantitative estimate of drug-likeness (QED) is 0.426. The lowest BCUT2D eigenvalue weighted by molar-refractivity contribution is -0.134. The SMILES string of the molecule is C=CCc1cccc(/C=C/C(=O)OC)c1. The molecule has 0 atom stereocenters. The van der Waals surface area contributed by atoms with Crippen molar-refractivity contribution < 1.29 is 9.53 Å². The van der Waals surface area contributed by atoms with Crippen LogP contribution in [0.4, 0.5) is 0 Å². The third kappa shape index (κ3) is 3.81. The predicted molar refractivity (Wildman–Crippen MR) is 61.4 cm³/mol. The zero-order valence-corrected chi connectivity index (χ0v) is 8.77.